The van der Waals surface area contributed by atoms with Crippen molar-refractivity contribution in [3.8, 4) is 0 Å². The molecule has 1 aromatic heterocycles. The average Bonchev–Trinajstić information content (AvgIpc) is 3.01. The van der Waals surface area contributed by atoms with Gasteiger partial charge in [-0.1, -0.05) is 12.1 Å². The van der Waals surface area contributed by atoms with Crippen molar-refractivity contribution < 1.29 is 14.7 Å². The summed E-state index contributed by atoms with van der Waals surface area (Å²) in [5, 5.41) is 15.2. The summed E-state index contributed by atoms with van der Waals surface area (Å²) in [6, 6.07) is 7.05. The SMILES string of the molecule is Cc1cc(Br)c2c(c1)C(O)(CC(=O)c1cccs1)C(=O)N2. The molecule has 1 amide bonds. The number of rotatable bonds is 3. The van der Waals surface area contributed by atoms with E-state index in [2.05, 4.69) is 21.2 Å². The topological polar surface area (TPSA) is 66.4 Å². The van der Waals surface area contributed by atoms with Crippen LogP contribution in [0.1, 0.15) is 27.2 Å². The number of thiophene rings is 1. The van der Waals surface area contributed by atoms with Crippen LogP contribution < -0.4 is 5.32 Å². The van der Waals surface area contributed by atoms with Crippen LogP contribution in [0.15, 0.2) is 34.1 Å². The van der Waals surface area contributed by atoms with Gasteiger partial charge in [-0.05, 0) is 45.9 Å². The van der Waals surface area contributed by atoms with Crippen molar-refractivity contribution in [3.63, 3.8) is 0 Å². The maximum absolute atomic E-state index is 12.3. The van der Waals surface area contributed by atoms with Crippen LogP contribution >= 0.6 is 27.3 Å². The van der Waals surface area contributed by atoms with Crippen LogP contribution in [0.3, 0.4) is 0 Å². The highest BCUT2D eigenvalue weighted by Gasteiger charge is 2.47. The number of nitrogens with one attached hydrogen (secondary N) is 1. The van der Waals surface area contributed by atoms with Crippen LogP contribution in [0.4, 0.5) is 5.69 Å². The number of carbonyl (C=O) groups is 2. The second-order valence-corrected chi connectivity index (χ2v) is 6.86. The maximum atomic E-state index is 12.3. The van der Waals surface area contributed by atoms with Crippen LogP contribution in [0.5, 0.6) is 0 Å². The van der Waals surface area contributed by atoms with Crippen LogP contribution in [0.25, 0.3) is 0 Å². The zero-order valence-corrected chi connectivity index (χ0v) is 13.5. The number of carbonyl (C=O) groups excluding carboxylic acids is 2. The molecule has 1 aliphatic rings. The molecule has 1 atom stereocenters. The largest absolute Gasteiger partial charge is 0.375 e. The first-order chi connectivity index (χ1) is 9.91. The first-order valence-electron chi connectivity index (χ1n) is 6.33. The molecule has 0 bridgehead atoms. The van der Waals surface area contributed by atoms with Gasteiger partial charge in [-0.25, -0.2) is 0 Å². The fourth-order valence-corrected chi connectivity index (χ4v) is 3.81. The van der Waals surface area contributed by atoms with Gasteiger partial charge in [-0.2, -0.15) is 0 Å². The van der Waals surface area contributed by atoms with E-state index in [0.717, 1.165) is 5.56 Å². The Hall–Kier alpha value is -1.50. The van der Waals surface area contributed by atoms with Gasteiger partial charge in [0.05, 0.1) is 17.0 Å². The van der Waals surface area contributed by atoms with E-state index < -0.39 is 11.5 Å². The number of Topliss-reactive ketones (excluding diaryl/α,β-unsaturated/α-hetero) is 1. The van der Waals surface area contributed by atoms with Crippen molar-refractivity contribution in [2.75, 3.05) is 5.32 Å². The third-order valence-electron chi connectivity index (χ3n) is 3.51. The molecule has 1 unspecified atom stereocenters. The number of fused-ring (bicyclic) bond motifs is 1. The van der Waals surface area contributed by atoms with Gasteiger partial charge >= 0.3 is 0 Å². The predicted molar refractivity (Wildman–Crippen MR) is 84.7 cm³/mol. The highest BCUT2D eigenvalue weighted by molar-refractivity contribution is 9.10. The molecule has 1 aliphatic heterocycles. The molecule has 0 fully saturated rings. The first-order valence-corrected chi connectivity index (χ1v) is 8.00. The Balaban J connectivity index is 2.02. The van der Waals surface area contributed by atoms with Crippen LogP contribution in [-0.2, 0) is 10.4 Å². The van der Waals surface area contributed by atoms with Gasteiger partial charge in [0.1, 0.15) is 0 Å². The number of anilines is 1. The zero-order chi connectivity index (χ0) is 15.2. The van der Waals surface area contributed by atoms with E-state index in [1.807, 2.05) is 13.0 Å². The van der Waals surface area contributed by atoms with Gasteiger partial charge in [-0.3, -0.25) is 9.59 Å². The van der Waals surface area contributed by atoms with E-state index in [9.17, 15) is 14.7 Å². The highest BCUT2D eigenvalue weighted by Crippen LogP contribution is 2.43. The normalized spacial score (nSPS) is 20.2. The molecule has 0 saturated heterocycles. The number of ketones is 1. The molecule has 2 N–H and O–H groups in total. The molecule has 0 radical (unpaired) electrons. The molecule has 2 aromatic rings. The minimum atomic E-state index is -1.81. The van der Waals surface area contributed by atoms with Gasteiger partial charge in [0.2, 0.25) is 0 Å². The van der Waals surface area contributed by atoms with E-state index in [-0.39, 0.29) is 12.2 Å². The molecular formula is C15H12BrNO3S. The smallest absolute Gasteiger partial charge is 0.261 e. The number of benzene rings is 1. The fourth-order valence-electron chi connectivity index (χ4n) is 2.47. The van der Waals surface area contributed by atoms with E-state index >= 15 is 0 Å². The number of halogens is 1. The number of aliphatic hydroxyl groups is 1. The van der Waals surface area contributed by atoms with Crippen molar-refractivity contribution >= 4 is 44.6 Å². The van der Waals surface area contributed by atoms with Crippen LogP contribution in [0.2, 0.25) is 0 Å². The quantitative estimate of drug-likeness (QED) is 0.820. The molecule has 3 rings (SSSR count). The second-order valence-electron chi connectivity index (χ2n) is 5.06. The van der Waals surface area contributed by atoms with Crippen molar-refractivity contribution in [1.82, 2.24) is 0 Å². The minimum absolute atomic E-state index is 0.242. The number of aryl methyl sites for hydroxylation is 1. The Morgan fingerprint density at radius 3 is 2.90 bits per heavy atom. The standard InChI is InChI=1S/C15H12BrNO3S/c1-8-5-9-13(10(16)6-8)17-14(19)15(9,20)7-11(18)12-3-2-4-21-12/h2-6,20H,7H2,1H3,(H,17,19). The lowest BCUT2D eigenvalue weighted by atomic mass is 9.89. The third-order valence-corrected chi connectivity index (χ3v) is 5.04. The lowest BCUT2D eigenvalue weighted by molar-refractivity contribution is -0.133. The minimum Gasteiger partial charge on any atom is -0.375 e. The molecule has 6 heteroatoms. The van der Waals surface area contributed by atoms with Crippen molar-refractivity contribution in [2.24, 2.45) is 0 Å². The average molecular weight is 366 g/mol. The highest BCUT2D eigenvalue weighted by atomic mass is 79.9. The van der Waals surface area contributed by atoms with Crippen molar-refractivity contribution in [1.29, 1.82) is 0 Å². The van der Waals surface area contributed by atoms with Gasteiger partial charge in [0.15, 0.2) is 11.4 Å². The van der Waals surface area contributed by atoms with E-state index in [0.29, 0.717) is 20.6 Å². The molecular weight excluding hydrogens is 354 g/mol. The molecule has 1 aromatic carbocycles. The van der Waals surface area contributed by atoms with Gasteiger partial charge in [0, 0.05) is 10.0 Å². The molecule has 21 heavy (non-hydrogen) atoms. The summed E-state index contributed by atoms with van der Waals surface area (Å²) in [6.45, 7) is 1.87. The molecule has 0 spiro atoms. The lowest BCUT2D eigenvalue weighted by Crippen LogP contribution is -2.36. The molecule has 2 heterocycles. The zero-order valence-electron chi connectivity index (χ0n) is 11.1. The Morgan fingerprint density at radius 2 is 2.24 bits per heavy atom. The summed E-state index contributed by atoms with van der Waals surface area (Å²) in [5.41, 5.74) is 0.0702. The predicted octanol–water partition coefficient (Wildman–Crippen LogP) is 3.23. The Kier molecular flexibility index (Phi) is 3.47. The van der Waals surface area contributed by atoms with Crippen molar-refractivity contribution in [3.05, 3.63) is 50.1 Å². The summed E-state index contributed by atoms with van der Waals surface area (Å²) < 4.78 is 0.699. The van der Waals surface area contributed by atoms with E-state index in [4.69, 9.17) is 0 Å². The molecule has 0 saturated carbocycles. The van der Waals surface area contributed by atoms with E-state index in [1.54, 1.807) is 23.6 Å². The Morgan fingerprint density at radius 1 is 1.48 bits per heavy atom. The van der Waals surface area contributed by atoms with E-state index in [1.165, 1.54) is 11.3 Å². The lowest BCUT2D eigenvalue weighted by Gasteiger charge is -2.20. The van der Waals surface area contributed by atoms with Crippen LogP contribution in [-0.4, -0.2) is 16.8 Å². The summed E-state index contributed by atoms with van der Waals surface area (Å²) in [5.74, 6) is -0.804. The number of amides is 1. The van der Waals surface area contributed by atoms with Crippen molar-refractivity contribution in [2.45, 2.75) is 18.9 Å². The number of hydrogen-bond acceptors (Lipinski definition) is 4. The first kappa shape index (κ1) is 14.4. The third kappa shape index (κ3) is 2.33. The summed E-state index contributed by atoms with van der Waals surface area (Å²) in [6.07, 6.45) is -0.262. The van der Waals surface area contributed by atoms with Gasteiger partial charge < -0.3 is 10.4 Å². The van der Waals surface area contributed by atoms with Gasteiger partial charge in [0.25, 0.3) is 5.91 Å². The number of hydrogen-bond donors (Lipinski definition) is 2. The molecule has 108 valence electrons. The Labute approximate surface area is 133 Å². The second kappa shape index (κ2) is 5.05. The fraction of sp³-hybridized carbons (Fsp3) is 0.200. The summed E-state index contributed by atoms with van der Waals surface area (Å²) in [7, 11) is 0. The summed E-state index contributed by atoms with van der Waals surface area (Å²) >= 11 is 4.67. The summed E-state index contributed by atoms with van der Waals surface area (Å²) in [4.78, 5) is 25.0. The molecule has 0 aliphatic carbocycles. The Bertz CT molecular complexity index is 742. The molecule has 4 nitrogen and oxygen atoms in total. The maximum Gasteiger partial charge on any atom is 0.261 e. The van der Waals surface area contributed by atoms with Gasteiger partial charge in [-0.15, -0.1) is 11.3 Å². The van der Waals surface area contributed by atoms with Crippen LogP contribution in [0, 0.1) is 6.92 Å². The monoisotopic (exact) mass is 365 g/mol.